The molecule has 1 saturated carbocycles. The first kappa shape index (κ1) is 13.1. The van der Waals surface area contributed by atoms with Crippen molar-refractivity contribution in [2.45, 2.75) is 37.0 Å². The Kier molecular flexibility index (Phi) is 4.38. The summed E-state index contributed by atoms with van der Waals surface area (Å²) in [6.07, 6.45) is 7.19. The molecule has 1 aromatic rings. The Hall–Kier alpha value is -1.34. The lowest BCUT2D eigenvalue weighted by molar-refractivity contribution is 0.473. The van der Waals surface area contributed by atoms with Crippen molar-refractivity contribution in [2.24, 2.45) is 0 Å². The van der Waals surface area contributed by atoms with Crippen molar-refractivity contribution < 1.29 is 0 Å². The Labute approximate surface area is 113 Å². The molecule has 1 aliphatic carbocycles. The summed E-state index contributed by atoms with van der Waals surface area (Å²) in [6.45, 7) is 0. The van der Waals surface area contributed by atoms with Crippen molar-refractivity contribution in [3.05, 3.63) is 23.8 Å². The predicted molar refractivity (Wildman–Crippen MR) is 78.8 cm³/mol. The first-order chi connectivity index (χ1) is 8.72. The highest BCUT2D eigenvalue weighted by Gasteiger charge is 2.20. The molecule has 0 aromatic heterocycles. The third kappa shape index (κ3) is 3.11. The van der Waals surface area contributed by atoms with E-state index >= 15 is 0 Å². The van der Waals surface area contributed by atoms with E-state index in [1.807, 2.05) is 23.9 Å². The Bertz CT molecular complexity index is 445. The van der Waals surface area contributed by atoms with Gasteiger partial charge in [0, 0.05) is 17.0 Å². The Balaban J connectivity index is 1.94. The minimum atomic E-state index is 0.542. The highest BCUT2D eigenvalue weighted by molar-refractivity contribution is 7.99. The number of anilines is 2. The van der Waals surface area contributed by atoms with Gasteiger partial charge in [-0.05, 0) is 50.1 Å². The van der Waals surface area contributed by atoms with E-state index in [0.717, 1.165) is 10.9 Å². The van der Waals surface area contributed by atoms with Crippen LogP contribution in [0.15, 0.2) is 18.2 Å². The molecule has 2 rings (SSSR count). The Morgan fingerprint density at radius 3 is 2.61 bits per heavy atom. The van der Waals surface area contributed by atoms with Gasteiger partial charge in [-0.15, -0.1) is 0 Å². The van der Waals surface area contributed by atoms with E-state index in [1.165, 1.54) is 25.7 Å². The average molecular weight is 261 g/mol. The standard InChI is InChI=1S/C14H19N3S/c1-18-13-6-4-11(5-7-13)17-12-3-2-10(9-15)14(16)8-12/h2-3,8,11,13,17H,4-7,16H2,1H3. The number of nitriles is 1. The van der Waals surface area contributed by atoms with Crippen LogP contribution in [0.5, 0.6) is 0 Å². The molecule has 0 heterocycles. The number of nitrogens with zero attached hydrogens (tertiary/aromatic N) is 1. The van der Waals surface area contributed by atoms with Gasteiger partial charge in [-0.3, -0.25) is 0 Å². The van der Waals surface area contributed by atoms with E-state index in [0.29, 0.717) is 17.3 Å². The molecule has 0 amide bonds. The van der Waals surface area contributed by atoms with E-state index in [-0.39, 0.29) is 0 Å². The van der Waals surface area contributed by atoms with Gasteiger partial charge in [-0.1, -0.05) is 0 Å². The molecule has 18 heavy (non-hydrogen) atoms. The quantitative estimate of drug-likeness (QED) is 0.820. The van der Waals surface area contributed by atoms with Crippen LogP contribution in [0, 0.1) is 11.3 Å². The van der Waals surface area contributed by atoms with Crippen LogP contribution in [0.25, 0.3) is 0 Å². The molecule has 0 bridgehead atoms. The zero-order valence-corrected chi connectivity index (χ0v) is 11.5. The van der Waals surface area contributed by atoms with Crippen LogP contribution in [-0.2, 0) is 0 Å². The number of nitrogens with one attached hydrogen (secondary N) is 1. The lowest BCUT2D eigenvalue weighted by Gasteiger charge is -2.28. The van der Waals surface area contributed by atoms with Gasteiger partial charge in [0.2, 0.25) is 0 Å². The van der Waals surface area contributed by atoms with Crippen LogP contribution in [0.4, 0.5) is 11.4 Å². The van der Waals surface area contributed by atoms with Gasteiger partial charge in [-0.25, -0.2) is 0 Å². The number of benzene rings is 1. The third-order valence-electron chi connectivity index (χ3n) is 3.55. The number of nitrogen functional groups attached to an aromatic ring is 1. The zero-order valence-electron chi connectivity index (χ0n) is 10.6. The fourth-order valence-electron chi connectivity index (χ4n) is 2.43. The maximum atomic E-state index is 8.83. The second kappa shape index (κ2) is 6.01. The summed E-state index contributed by atoms with van der Waals surface area (Å²) in [6, 6.07) is 8.21. The van der Waals surface area contributed by atoms with E-state index in [2.05, 4.69) is 17.6 Å². The second-order valence-electron chi connectivity index (χ2n) is 4.77. The van der Waals surface area contributed by atoms with Crippen molar-refractivity contribution in [1.29, 1.82) is 5.26 Å². The molecule has 1 aliphatic rings. The molecule has 3 N–H and O–H groups in total. The summed E-state index contributed by atoms with van der Waals surface area (Å²) in [4.78, 5) is 0. The van der Waals surface area contributed by atoms with E-state index < -0.39 is 0 Å². The molecule has 0 radical (unpaired) electrons. The number of hydrogen-bond donors (Lipinski definition) is 2. The average Bonchev–Trinajstić information content (AvgIpc) is 2.40. The summed E-state index contributed by atoms with van der Waals surface area (Å²) < 4.78 is 0. The lowest BCUT2D eigenvalue weighted by Crippen LogP contribution is -2.27. The zero-order chi connectivity index (χ0) is 13.0. The topological polar surface area (TPSA) is 61.8 Å². The highest BCUT2D eigenvalue weighted by atomic mass is 32.2. The van der Waals surface area contributed by atoms with Crippen molar-refractivity contribution >= 4 is 23.1 Å². The number of thioether (sulfide) groups is 1. The minimum absolute atomic E-state index is 0.542. The van der Waals surface area contributed by atoms with Gasteiger partial charge in [0.25, 0.3) is 0 Å². The summed E-state index contributed by atoms with van der Waals surface area (Å²) in [5, 5.41) is 13.2. The minimum Gasteiger partial charge on any atom is -0.398 e. The number of rotatable bonds is 3. The van der Waals surface area contributed by atoms with Crippen LogP contribution >= 0.6 is 11.8 Å². The van der Waals surface area contributed by atoms with Crippen LogP contribution in [0.3, 0.4) is 0 Å². The van der Waals surface area contributed by atoms with Crippen molar-refractivity contribution in [3.8, 4) is 6.07 Å². The van der Waals surface area contributed by atoms with Gasteiger partial charge in [0.15, 0.2) is 0 Å². The molecular formula is C14H19N3S. The first-order valence-electron chi connectivity index (χ1n) is 6.32. The predicted octanol–water partition coefficient (Wildman–Crippen LogP) is 3.23. The van der Waals surface area contributed by atoms with Gasteiger partial charge >= 0.3 is 0 Å². The van der Waals surface area contributed by atoms with Crippen molar-refractivity contribution in [2.75, 3.05) is 17.3 Å². The molecule has 1 fully saturated rings. The molecule has 0 saturated heterocycles. The molecule has 4 heteroatoms. The molecule has 0 spiro atoms. The molecule has 0 atom stereocenters. The third-order valence-corrected chi connectivity index (χ3v) is 4.69. The maximum Gasteiger partial charge on any atom is 0.101 e. The van der Waals surface area contributed by atoms with Crippen LogP contribution in [0.2, 0.25) is 0 Å². The van der Waals surface area contributed by atoms with E-state index in [4.69, 9.17) is 11.0 Å². The molecule has 3 nitrogen and oxygen atoms in total. The summed E-state index contributed by atoms with van der Waals surface area (Å²) in [7, 11) is 0. The summed E-state index contributed by atoms with van der Waals surface area (Å²) >= 11 is 1.98. The summed E-state index contributed by atoms with van der Waals surface area (Å²) in [5.74, 6) is 0. The smallest absolute Gasteiger partial charge is 0.101 e. The van der Waals surface area contributed by atoms with Crippen molar-refractivity contribution in [1.82, 2.24) is 0 Å². The van der Waals surface area contributed by atoms with Crippen LogP contribution in [-0.4, -0.2) is 17.5 Å². The number of hydrogen-bond acceptors (Lipinski definition) is 4. The first-order valence-corrected chi connectivity index (χ1v) is 7.60. The molecule has 0 unspecified atom stereocenters. The lowest BCUT2D eigenvalue weighted by atomic mass is 9.94. The van der Waals surface area contributed by atoms with Crippen molar-refractivity contribution in [3.63, 3.8) is 0 Å². The van der Waals surface area contributed by atoms with E-state index in [9.17, 15) is 0 Å². The fraction of sp³-hybridized carbons (Fsp3) is 0.500. The molecule has 0 aliphatic heterocycles. The SMILES string of the molecule is CSC1CCC(Nc2ccc(C#N)c(N)c2)CC1. The molecular weight excluding hydrogens is 242 g/mol. The number of nitrogens with two attached hydrogens (primary N) is 1. The van der Waals surface area contributed by atoms with Gasteiger partial charge in [0.05, 0.1) is 11.3 Å². The van der Waals surface area contributed by atoms with Crippen LogP contribution in [0.1, 0.15) is 31.2 Å². The van der Waals surface area contributed by atoms with E-state index in [1.54, 1.807) is 6.07 Å². The summed E-state index contributed by atoms with van der Waals surface area (Å²) in [5.41, 5.74) is 7.95. The Morgan fingerprint density at radius 1 is 1.33 bits per heavy atom. The largest absolute Gasteiger partial charge is 0.398 e. The molecule has 96 valence electrons. The maximum absolute atomic E-state index is 8.83. The molecule has 1 aromatic carbocycles. The second-order valence-corrected chi connectivity index (χ2v) is 5.91. The normalized spacial score (nSPS) is 23.3. The Morgan fingerprint density at radius 2 is 2.06 bits per heavy atom. The highest BCUT2D eigenvalue weighted by Crippen LogP contribution is 2.29. The fourth-order valence-corrected chi connectivity index (χ4v) is 3.18. The van der Waals surface area contributed by atoms with Gasteiger partial charge in [-0.2, -0.15) is 17.0 Å². The van der Waals surface area contributed by atoms with Crippen LogP contribution < -0.4 is 11.1 Å². The van der Waals surface area contributed by atoms with Gasteiger partial charge < -0.3 is 11.1 Å². The van der Waals surface area contributed by atoms with Gasteiger partial charge in [0.1, 0.15) is 6.07 Å². The monoisotopic (exact) mass is 261 g/mol.